The van der Waals surface area contributed by atoms with Gasteiger partial charge in [-0.15, -0.1) is 0 Å². The fraction of sp³-hybridized carbons (Fsp3) is 0.700. The number of benzene rings is 1. The van der Waals surface area contributed by atoms with Gasteiger partial charge in [0, 0.05) is 12.7 Å². The topological polar surface area (TPSA) is 157 Å². The molecule has 0 spiro atoms. The predicted octanol–water partition coefficient (Wildman–Crippen LogP) is -1.98. The smallest absolute Gasteiger partial charge is 0.187 e. The van der Waals surface area contributed by atoms with Crippen LogP contribution in [0.5, 0.6) is 0 Å². The highest BCUT2D eigenvalue weighted by molar-refractivity contribution is 5.16. The summed E-state index contributed by atoms with van der Waals surface area (Å²) in [5.74, 6) is 0. The van der Waals surface area contributed by atoms with E-state index in [1.165, 1.54) is 7.11 Å². The van der Waals surface area contributed by atoms with Crippen LogP contribution in [0.1, 0.15) is 11.9 Å². The zero-order valence-electron chi connectivity index (χ0n) is 16.8. The van der Waals surface area contributed by atoms with Crippen molar-refractivity contribution in [1.29, 1.82) is 0 Å². The Labute approximate surface area is 178 Å². The predicted molar refractivity (Wildman–Crippen MR) is 100 cm³/mol. The Morgan fingerprint density at radius 1 is 0.903 bits per heavy atom. The van der Waals surface area contributed by atoms with Crippen LogP contribution in [-0.4, -0.2) is 107 Å². The van der Waals surface area contributed by atoms with E-state index in [9.17, 15) is 25.5 Å². The van der Waals surface area contributed by atoms with Gasteiger partial charge >= 0.3 is 0 Å². The van der Waals surface area contributed by atoms with Crippen molar-refractivity contribution in [3.63, 3.8) is 0 Å². The van der Waals surface area contributed by atoms with E-state index in [0.717, 1.165) is 5.56 Å². The largest absolute Gasteiger partial charge is 0.394 e. The summed E-state index contributed by atoms with van der Waals surface area (Å²) in [6, 6.07) is 9.19. The minimum absolute atomic E-state index is 0.130. The zero-order chi connectivity index (χ0) is 22.1. The molecule has 11 heteroatoms. The van der Waals surface area contributed by atoms with Crippen molar-refractivity contribution in [3.05, 3.63) is 35.9 Å². The molecule has 31 heavy (non-hydrogen) atoms. The van der Waals surface area contributed by atoms with E-state index in [2.05, 4.69) is 0 Å². The van der Waals surface area contributed by atoms with Crippen molar-refractivity contribution in [2.45, 2.75) is 67.7 Å². The number of aliphatic hydroxyl groups excluding tert-OH is 5. The van der Waals surface area contributed by atoms with Crippen LogP contribution in [0, 0.1) is 0 Å². The summed E-state index contributed by atoms with van der Waals surface area (Å²) in [7, 11) is 1.36. The van der Waals surface area contributed by atoms with Crippen molar-refractivity contribution >= 4 is 0 Å². The molecule has 11 unspecified atom stereocenters. The summed E-state index contributed by atoms with van der Waals surface area (Å²) in [5.41, 5.74) is 0.760. The van der Waals surface area contributed by atoms with Crippen LogP contribution in [0.2, 0.25) is 0 Å². The lowest BCUT2D eigenvalue weighted by Gasteiger charge is -2.49. The van der Waals surface area contributed by atoms with Gasteiger partial charge in [-0.1, -0.05) is 30.3 Å². The van der Waals surface area contributed by atoms with E-state index in [0.29, 0.717) is 0 Å². The third-order valence-electron chi connectivity index (χ3n) is 5.75. The molecule has 11 atom stereocenters. The monoisotopic (exact) mass is 444 g/mol. The summed E-state index contributed by atoms with van der Waals surface area (Å²) in [5, 5.41) is 50.6. The third-order valence-corrected chi connectivity index (χ3v) is 5.75. The Hall–Kier alpha value is -1.22. The van der Waals surface area contributed by atoms with Crippen LogP contribution in [-0.2, 0) is 28.4 Å². The lowest BCUT2D eigenvalue weighted by atomic mass is 9.96. The zero-order valence-corrected chi connectivity index (χ0v) is 16.8. The van der Waals surface area contributed by atoms with Crippen LogP contribution in [0.3, 0.4) is 0 Å². The Balaban J connectivity index is 1.55. The number of hydrogen-bond donors (Lipinski definition) is 5. The third kappa shape index (κ3) is 4.49. The molecule has 0 saturated carbocycles. The van der Waals surface area contributed by atoms with Crippen molar-refractivity contribution in [2.75, 3.05) is 20.3 Å². The average molecular weight is 444 g/mol. The van der Waals surface area contributed by atoms with Crippen LogP contribution in [0.15, 0.2) is 30.3 Å². The van der Waals surface area contributed by atoms with Crippen LogP contribution < -0.4 is 0 Å². The van der Waals surface area contributed by atoms with E-state index in [1.54, 1.807) is 0 Å². The number of hydrogen-bond acceptors (Lipinski definition) is 11. The van der Waals surface area contributed by atoms with Crippen molar-refractivity contribution < 1.29 is 54.0 Å². The van der Waals surface area contributed by atoms with E-state index < -0.39 is 74.3 Å². The molecule has 3 aliphatic heterocycles. The number of aliphatic hydroxyl groups is 5. The first-order chi connectivity index (χ1) is 14.9. The van der Waals surface area contributed by atoms with Gasteiger partial charge in [-0.3, -0.25) is 0 Å². The molecule has 4 rings (SSSR count). The number of fused-ring (bicyclic) bond motifs is 1. The number of rotatable bonds is 5. The van der Waals surface area contributed by atoms with Crippen molar-refractivity contribution in [2.24, 2.45) is 0 Å². The molecule has 3 saturated heterocycles. The minimum Gasteiger partial charge on any atom is -0.394 e. The molecule has 11 nitrogen and oxygen atoms in total. The summed E-state index contributed by atoms with van der Waals surface area (Å²) >= 11 is 0. The highest BCUT2D eigenvalue weighted by Gasteiger charge is 2.53. The maximum Gasteiger partial charge on any atom is 0.187 e. The molecule has 0 amide bonds. The molecular formula is C20H28O11. The normalized spacial score (nSPS) is 45.8. The number of ether oxygens (including phenoxy) is 6. The highest BCUT2D eigenvalue weighted by atomic mass is 16.8. The first kappa shape index (κ1) is 23.0. The maximum atomic E-state index is 10.8. The minimum atomic E-state index is -1.63. The van der Waals surface area contributed by atoms with E-state index in [1.807, 2.05) is 30.3 Å². The fourth-order valence-corrected chi connectivity index (χ4v) is 4.03. The van der Waals surface area contributed by atoms with Gasteiger partial charge in [0.05, 0.1) is 13.2 Å². The molecule has 0 aromatic heterocycles. The van der Waals surface area contributed by atoms with Gasteiger partial charge in [-0.2, -0.15) is 0 Å². The van der Waals surface area contributed by atoms with Crippen LogP contribution in [0.4, 0.5) is 0 Å². The highest BCUT2D eigenvalue weighted by Crippen LogP contribution is 2.37. The van der Waals surface area contributed by atoms with Gasteiger partial charge in [0.2, 0.25) is 0 Å². The molecule has 0 bridgehead atoms. The lowest BCUT2D eigenvalue weighted by molar-refractivity contribution is -0.390. The van der Waals surface area contributed by atoms with Gasteiger partial charge < -0.3 is 54.0 Å². The Kier molecular flexibility index (Phi) is 7.20. The molecule has 3 heterocycles. The number of methoxy groups -OCH3 is 1. The fourth-order valence-electron chi connectivity index (χ4n) is 4.03. The molecule has 5 N–H and O–H groups in total. The van der Waals surface area contributed by atoms with Gasteiger partial charge in [0.1, 0.15) is 48.8 Å². The van der Waals surface area contributed by atoms with Gasteiger partial charge in [0.25, 0.3) is 0 Å². The Morgan fingerprint density at radius 3 is 2.32 bits per heavy atom. The Bertz CT molecular complexity index is 704. The second kappa shape index (κ2) is 9.73. The second-order valence-electron chi connectivity index (χ2n) is 7.74. The van der Waals surface area contributed by atoms with Crippen molar-refractivity contribution in [1.82, 2.24) is 0 Å². The Morgan fingerprint density at radius 2 is 1.65 bits per heavy atom. The first-order valence-electron chi connectivity index (χ1n) is 10.1. The molecular weight excluding hydrogens is 416 g/mol. The van der Waals surface area contributed by atoms with E-state index in [-0.39, 0.29) is 6.61 Å². The standard InChI is InChI=1S/C20H28O11/c1-26-19-15(25)17(31-20-14(24)13(23)12(22)10(7-21)28-20)16-11(29-19)8-27-18(30-16)9-5-3-2-4-6-9/h2-6,10-25H,7-8H2,1H3. The summed E-state index contributed by atoms with van der Waals surface area (Å²) < 4.78 is 34.0. The summed E-state index contributed by atoms with van der Waals surface area (Å²) in [6.07, 6.45) is -13.1. The summed E-state index contributed by atoms with van der Waals surface area (Å²) in [6.45, 7) is -0.473. The molecule has 0 radical (unpaired) electrons. The van der Waals surface area contributed by atoms with Gasteiger partial charge in [-0.25, -0.2) is 0 Å². The second-order valence-corrected chi connectivity index (χ2v) is 7.74. The van der Waals surface area contributed by atoms with Crippen LogP contribution in [0.25, 0.3) is 0 Å². The van der Waals surface area contributed by atoms with Gasteiger partial charge in [0.15, 0.2) is 18.9 Å². The first-order valence-corrected chi connectivity index (χ1v) is 10.1. The maximum absolute atomic E-state index is 10.8. The van der Waals surface area contributed by atoms with Crippen LogP contribution >= 0.6 is 0 Å². The molecule has 3 fully saturated rings. The molecule has 174 valence electrons. The quantitative estimate of drug-likeness (QED) is 0.343. The van der Waals surface area contributed by atoms with E-state index in [4.69, 9.17) is 28.4 Å². The molecule has 1 aromatic carbocycles. The SMILES string of the molecule is COC1OC2COC(c3ccccc3)OC2C(OC2OC(CO)C(O)C(O)C2O)C1O. The summed E-state index contributed by atoms with van der Waals surface area (Å²) in [4.78, 5) is 0. The molecule has 3 aliphatic rings. The van der Waals surface area contributed by atoms with Crippen molar-refractivity contribution in [3.8, 4) is 0 Å². The van der Waals surface area contributed by atoms with E-state index >= 15 is 0 Å². The molecule has 0 aliphatic carbocycles. The lowest BCUT2D eigenvalue weighted by Crippen LogP contribution is -2.66. The average Bonchev–Trinajstić information content (AvgIpc) is 2.80. The molecule has 1 aromatic rings. The van der Waals surface area contributed by atoms with Gasteiger partial charge in [-0.05, 0) is 0 Å².